The number of anilines is 1. The molecule has 2 aromatic carbocycles. The van der Waals surface area contributed by atoms with Crippen LogP contribution in [0.5, 0.6) is 5.75 Å². The van der Waals surface area contributed by atoms with E-state index < -0.39 is 5.97 Å². The van der Waals surface area contributed by atoms with Crippen molar-refractivity contribution >= 4 is 41.6 Å². The van der Waals surface area contributed by atoms with E-state index in [1.165, 1.54) is 31.2 Å². The van der Waals surface area contributed by atoms with Crippen LogP contribution in [-0.2, 0) is 11.3 Å². The van der Waals surface area contributed by atoms with E-state index in [1.807, 2.05) is 19.1 Å². The van der Waals surface area contributed by atoms with Gasteiger partial charge in [0.25, 0.3) is 0 Å². The number of ether oxygens (including phenoxy) is 2. The standard InChI is InChI=1S/C25H34N4O3.HI/c1-5-26-25(27-17-19-11-12-22(24(30)32-4)23(15-19)31-3)28-18(2)20-9-8-10-21(16-20)29-13-6-7-14-29;/h8-12,15-16,18H,5-7,13-14,17H2,1-4H3,(H2,26,27,28);1H. The molecular formula is C25H35IN4O3. The number of carbonyl (C=O) groups is 1. The Kier molecular flexibility index (Phi) is 10.8. The van der Waals surface area contributed by atoms with Crippen LogP contribution in [0.1, 0.15) is 54.2 Å². The number of carbonyl (C=O) groups excluding carboxylic acids is 1. The quantitative estimate of drug-likeness (QED) is 0.212. The van der Waals surface area contributed by atoms with E-state index in [0.717, 1.165) is 31.2 Å². The third-order valence-electron chi connectivity index (χ3n) is 5.63. The third kappa shape index (κ3) is 7.25. The van der Waals surface area contributed by atoms with Crippen LogP contribution in [0.4, 0.5) is 5.69 Å². The van der Waals surface area contributed by atoms with Gasteiger partial charge in [-0.25, -0.2) is 9.79 Å². The Morgan fingerprint density at radius 1 is 1.15 bits per heavy atom. The van der Waals surface area contributed by atoms with Gasteiger partial charge in [-0.2, -0.15) is 0 Å². The zero-order valence-electron chi connectivity index (χ0n) is 19.9. The van der Waals surface area contributed by atoms with E-state index in [0.29, 0.717) is 17.9 Å². The van der Waals surface area contributed by atoms with Gasteiger partial charge in [-0.3, -0.25) is 0 Å². The molecule has 1 saturated heterocycles. The van der Waals surface area contributed by atoms with Gasteiger partial charge in [0, 0.05) is 25.3 Å². The summed E-state index contributed by atoms with van der Waals surface area (Å²) in [7, 11) is 2.90. The van der Waals surface area contributed by atoms with Crippen molar-refractivity contribution in [2.24, 2.45) is 4.99 Å². The highest BCUT2D eigenvalue weighted by Gasteiger charge is 2.15. The average molecular weight is 566 g/mol. The van der Waals surface area contributed by atoms with Crippen LogP contribution < -0.4 is 20.3 Å². The fourth-order valence-electron chi connectivity index (χ4n) is 3.86. The summed E-state index contributed by atoms with van der Waals surface area (Å²) < 4.78 is 10.2. The molecule has 1 aliphatic heterocycles. The zero-order chi connectivity index (χ0) is 22.9. The molecule has 33 heavy (non-hydrogen) atoms. The lowest BCUT2D eigenvalue weighted by molar-refractivity contribution is 0.0597. The molecule has 1 aliphatic rings. The zero-order valence-corrected chi connectivity index (χ0v) is 22.2. The maximum absolute atomic E-state index is 11.9. The average Bonchev–Trinajstić information content (AvgIpc) is 3.37. The van der Waals surface area contributed by atoms with Gasteiger partial charge in [-0.1, -0.05) is 18.2 Å². The minimum Gasteiger partial charge on any atom is -0.496 e. The molecule has 0 radical (unpaired) electrons. The summed E-state index contributed by atoms with van der Waals surface area (Å²) in [5.41, 5.74) is 3.85. The van der Waals surface area contributed by atoms with Gasteiger partial charge in [0.2, 0.25) is 0 Å². The third-order valence-corrected chi connectivity index (χ3v) is 5.63. The molecule has 0 bridgehead atoms. The van der Waals surface area contributed by atoms with Crippen molar-refractivity contribution in [3.8, 4) is 5.75 Å². The molecule has 2 N–H and O–H groups in total. The number of aliphatic imine (C=N–C) groups is 1. The first-order valence-corrected chi connectivity index (χ1v) is 11.2. The van der Waals surface area contributed by atoms with E-state index in [1.54, 1.807) is 13.2 Å². The first-order chi connectivity index (χ1) is 15.5. The molecule has 8 heteroatoms. The largest absolute Gasteiger partial charge is 0.496 e. The van der Waals surface area contributed by atoms with Gasteiger partial charge in [0.05, 0.1) is 26.8 Å². The maximum Gasteiger partial charge on any atom is 0.341 e. The fourth-order valence-corrected chi connectivity index (χ4v) is 3.86. The van der Waals surface area contributed by atoms with Gasteiger partial charge in [0.15, 0.2) is 5.96 Å². The summed E-state index contributed by atoms with van der Waals surface area (Å²) in [5, 5.41) is 6.82. The molecule has 1 heterocycles. The van der Waals surface area contributed by atoms with Crippen molar-refractivity contribution in [2.75, 3.05) is 38.8 Å². The lowest BCUT2D eigenvalue weighted by Crippen LogP contribution is -2.38. The highest BCUT2D eigenvalue weighted by molar-refractivity contribution is 14.0. The predicted molar refractivity (Wildman–Crippen MR) is 144 cm³/mol. The Morgan fingerprint density at radius 3 is 2.58 bits per heavy atom. The Balaban J connectivity index is 0.00000385. The molecule has 0 spiro atoms. The number of esters is 1. The lowest BCUT2D eigenvalue weighted by Gasteiger charge is -2.22. The monoisotopic (exact) mass is 566 g/mol. The number of nitrogens with one attached hydrogen (secondary N) is 2. The number of nitrogens with zero attached hydrogens (tertiary/aromatic N) is 2. The van der Waals surface area contributed by atoms with Gasteiger partial charge < -0.3 is 25.0 Å². The van der Waals surface area contributed by atoms with Gasteiger partial charge >= 0.3 is 5.97 Å². The number of halogens is 1. The Bertz CT molecular complexity index is 945. The van der Waals surface area contributed by atoms with Crippen molar-refractivity contribution in [2.45, 2.75) is 39.3 Å². The van der Waals surface area contributed by atoms with Crippen LogP contribution >= 0.6 is 24.0 Å². The second-order valence-electron chi connectivity index (χ2n) is 7.88. The fraction of sp³-hybridized carbons (Fsp3) is 0.440. The molecule has 0 aliphatic carbocycles. The van der Waals surface area contributed by atoms with Gasteiger partial charge in [-0.05, 0) is 62.1 Å². The second-order valence-corrected chi connectivity index (χ2v) is 7.88. The van der Waals surface area contributed by atoms with Gasteiger partial charge in [-0.15, -0.1) is 24.0 Å². The maximum atomic E-state index is 11.9. The molecule has 0 amide bonds. The smallest absolute Gasteiger partial charge is 0.341 e. The number of guanidine groups is 1. The Morgan fingerprint density at radius 2 is 1.91 bits per heavy atom. The predicted octanol–water partition coefficient (Wildman–Crippen LogP) is 4.52. The normalized spacial score (nSPS) is 14.3. The van der Waals surface area contributed by atoms with Crippen molar-refractivity contribution in [3.63, 3.8) is 0 Å². The van der Waals surface area contributed by atoms with E-state index in [9.17, 15) is 4.79 Å². The first-order valence-electron chi connectivity index (χ1n) is 11.2. The van der Waals surface area contributed by atoms with Crippen LogP contribution in [-0.4, -0.2) is 45.8 Å². The first kappa shape index (κ1) is 26.8. The summed E-state index contributed by atoms with van der Waals surface area (Å²) in [5.74, 6) is 0.800. The Hall–Kier alpha value is -2.49. The highest BCUT2D eigenvalue weighted by atomic mass is 127. The molecule has 1 fully saturated rings. The highest BCUT2D eigenvalue weighted by Crippen LogP contribution is 2.24. The van der Waals surface area contributed by atoms with Crippen molar-refractivity contribution in [1.29, 1.82) is 0 Å². The summed E-state index contributed by atoms with van der Waals surface area (Å²) in [6.07, 6.45) is 2.53. The number of methoxy groups -OCH3 is 2. The summed E-state index contributed by atoms with van der Waals surface area (Å²) in [4.78, 5) is 19.0. The van der Waals surface area contributed by atoms with E-state index in [2.05, 4.69) is 46.7 Å². The second kappa shape index (κ2) is 13.3. The van der Waals surface area contributed by atoms with Crippen LogP contribution in [0.25, 0.3) is 0 Å². The van der Waals surface area contributed by atoms with Crippen molar-refractivity contribution in [1.82, 2.24) is 10.6 Å². The number of rotatable bonds is 8. The summed E-state index contributed by atoms with van der Waals surface area (Å²) in [6.45, 7) is 7.67. The number of hydrogen-bond acceptors (Lipinski definition) is 5. The molecule has 1 unspecified atom stereocenters. The Labute approximate surface area is 214 Å². The van der Waals surface area contributed by atoms with Crippen molar-refractivity contribution < 1.29 is 14.3 Å². The lowest BCUT2D eigenvalue weighted by atomic mass is 10.1. The molecule has 2 aromatic rings. The minimum atomic E-state index is -0.420. The van der Waals surface area contributed by atoms with E-state index in [4.69, 9.17) is 14.5 Å². The van der Waals surface area contributed by atoms with Crippen LogP contribution in [0, 0.1) is 0 Å². The molecule has 0 aromatic heterocycles. The molecule has 1 atom stereocenters. The molecular weight excluding hydrogens is 531 g/mol. The molecule has 180 valence electrons. The van der Waals surface area contributed by atoms with E-state index >= 15 is 0 Å². The number of hydrogen-bond donors (Lipinski definition) is 2. The van der Waals surface area contributed by atoms with E-state index in [-0.39, 0.29) is 30.0 Å². The molecule has 7 nitrogen and oxygen atoms in total. The molecule has 0 saturated carbocycles. The van der Waals surface area contributed by atoms with Crippen molar-refractivity contribution in [3.05, 3.63) is 59.2 Å². The SMILES string of the molecule is CCNC(=NCc1ccc(C(=O)OC)c(OC)c1)NC(C)c1cccc(N2CCCC2)c1.I. The number of benzene rings is 2. The minimum absolute atomic E-state index is 0. The molecule has 3 rings (SSSR count). The van der Waals surface area contributed by atoms with Gasteiger partial charge in [0.1, 0.15) is 11.3 Å². The van der Waals surface area contributed by atoms with Crippen LogP contribution in [0.15, 0.2) is 47.5 Å². The summed E-state index contributed by atoms with van der Waals surface area (Å²) >= 11 is 0. The summed E-state index contributed by atoms with van der Waals surface area (Å²) in [6, 6.07) is 14.2. The van der Waals surface area contributed by atoms with Crippen LogP contribution in [0.2, 0.25) is 0 Å². The van der Waals surface area contributed by atoms with Crippen LogP contribution in [0.3, 0.4) is 0 Å². The topological polar surface area (TPSA) is 75.2 Å².